The van der Waals surface area contributed by atoms with Gasteiger partial charge in [-0.25, -0.2) is 0 Å². The van der Waals surface area contributed by atoms with Crippen LogP contribution in [0, 0.1) is 0 Å². The van der Waals surface area contributed by atoms with Gasteiger partial charge in [0.1, 0.15) is 0 Å². The molecule has 0 aromatic heterocycles. The average Bonchev–Trinajstić information content (AvgIpc) is 2.84. The van der Waals surface area contributed by atoms with E-state index in [2.05, 4.69) is 5.32 Å². The van der Waals surface area contributed by atoms with Crippen molar-refractivity contribution in [1.82, 2.24) is 5.32 Å². The van der Waals surface area contributed by atoms with E-state index in [1.54, 1.807) is 23.1 Å². The SMILES string of the molecule is NC(=O)c1c(Cl)cccc1N1C(=O)C2(CCNCC2)c2ccccc21. The molecule has 1 fully saturated rings. The summed E-state index contributed by atoms with van der Waals surface area (Å²) in [4.78, 5) is 27.1. The quantitative estimate of drug-likeness (QED) is 0.869. The van der Waals surface area contributed by atoms with Gasteiger partial charge in [0.15, 0.2) is 0 Å². The van der Waals surface area contributed by atoms with Crippen molar-refractivity contribution in [2.75, 3.05) is 18.0 Å². The van der Waals surface area contributed by atoms with Crippen LogP contribution in [0.5, 0.6) is 0 Å². The number of para-hydroxylation sites is 1. The molecule has 2 aromatic rings. The monoisotopic (exact) mass is 355 g/mol. The highest BCUT2D eigenvalue weighted by molar-refractivity contribution is 6.35. The fraction of sp³-hybridized carbons (Fsp3) is 0.263. The van der Waals surface area contributed by atoms with Crippen molar-refractivity contribution in [1.29, 1.82) is 0 Å². The number of anilines is 2. The van der Waals surface area contributed by atoms with Crippen LogP contribution in [0.1, 0.15) is 28.8 Å². The molecular formula is C19H18ClN3O2. The van der Waals surface area contributed by atoms with Crippen molar-refractivity contribution >= 4 is 34.8 Å². The Morgan fingerprint density at radius 3 is 2.48 bits per heavy atom. The normalized spacial score (nSPS) is 18.4. The summed E-state index contributed by atoms with van der Waals surface area (Å²) in [5.74, 6) is -0.655. The number of nitrogens with two attached hydrogens (primary N) is 1. The maximum atomic E-state index is 13.5. The molecule has 5 nitrogen and oxygen atoms in total. The van der Waals surface area contributed by atoms with Gasteiger partial charge in [0, 0.05) is 0 Å². The Hall–Kier alpha value is -2.37. The summed E-state index contributed by atoms with van der Waals surface area (Å²) in [5, 5.41) is 3.57. The summed E-state index contributed by atoms with van der Waals surface area (Å²) in [6, 6.07) is 12.8. The predicted molar refractivity (Wildman–Crippen MR) is 97.3 cm³/mol. The Morgan fingerprint density at radius 2 is 1.76 bits per heavy atom. The molecule has 2 aliphatic heterocycles. The van der Waals surface area contributed by atoms with Gasteiger partial charge in [0.05, 0.1) is 27.4 Å². The van der Waals surface area contributed by atoms with Crippen molar-refractivity contribution in [2.45, 2.75) is 18.3 Å². The van der Waals surface area contributed by atoms with Crippen LogP contribution in [-0.2, 0) is 10.2 Å². The molecule has 2 aliphatic rings. The van der Waals surface area contributed by atoms with E-state index in [9.17, 15) is 9.59 Å². The van der Waals surface area contributed by atoms with E-state index >= 15 is 0 Å². The van der Waals surface area contributed by atoms with Crippen molar-refractivity contribution < 1.29 is 9.59 Å². The van der Waals surface area contributed by atoms with Gasteiger partial charge in [-0.15, -0.1) is 0 Å². The van der Waals surface area contributed by atoms with Gasteiger partial charge in [-0.1, -0.05) is 35.9 Å². The number of fused-ring (bicyclic) bond motifs is 2. The summed E-state index contributed by atoms with van der Waals surface area (Å²) in [6.45, 7) is 1.57. The van der Waals surface area contributed by atoms with Crippen LogP contribution in [0.4, 0.5) is 11.4 Å². The van der Waals surface area contributed by atoms with Gasteiger partial charge in [-0.05, 0) is 49.7 Å². The number of benzene rings is 2. The second-order valence-electron chi connectivity index (χ2n) is 6.49. The minimum Gasteiger partial charge on any atom is -0.365 e. The molecule has 6 heteroatoms. The Labute approximate surface area is 150 Å². The number of carbonyl (C=O) groups excluding carboxylic acids is 2. The average molecular weight is 356 g/mol. The molecule has 3 N–H and O–H groups in total. The molecule has 0 unspecified atom stereocenters. The zero-order valence-corrected chi connectivity index (χ0v) is 14.3. The highest BCUT2D eigenvalue weighted by Gasteiger charge is 2.51. The lowest BCUT2D eigenvalue weighted by Gasteiger charge is -2.33. The molecule has 2 aromatic carbocycles. The van der Waals surface area contributed by atoms with Gasteiger partial charge in [-0.2, -0.15) is 0 Å². The Kier molecular flexibility index (Phi) is 3.78. The van der Waals surface area contributed by atoms with Crippen molar-refractivity contribution in [3.05, 3.63) is 58.6 Å². The number of hydrogen-bond acceptors (Lipinski definition) is 3. The van der Waals surface area contributed by atoms with Crippen molar-refractivity contribution in [2.24, 2.45) is 5.73 Å². The van der Waals surface area contributed by atoms with Crippen LogP contribution in [-0.4, -0.2) is 24.9 Å². The van der Waals surface area contributed by atoms with Gasteiger partial charge < -0.3 is 11.1 Å². The van der Waals surface area contributed by atoms with E-state index in [0.29, 0.717) is 5.69 Å². The third kappa shape index (κ3) is 2.27. The van der Waals surface area contributed by atoms with Crippen LogP contribution in [0.3, 0.4) is 0 Å². The number of rotatable bonds is 2. The van der Waals surface area contributed by atoms with E-state index < -0.39 is 11.3 Å². The molecule has 0 atom stereocenters. The van der Waals surface area contributed by atoms with Crippen LogP contribution in [0.15, 0.2) is 42.5 Å². The molecule has 25 heavy (non-hydrogen) atoms. The number of primary amides is 1. The smallest absolute Gasteiger partial charge is 0.252 e. The van der Waals surface area contributed by atoms with Gasteiger partial charge in [0.2, 0.25) is 5.91 Å². The van der Waals surface area contributed by atoms with Gasteiger partial charge in [0.25, 0.3) is 5.91 Å². The summed E-state index contributed by atoms with van der Waals surface area (Å²) in [5.41, 5.74) is 7.44. The molecule has 1 spiro atoms. The molecule has 0 bridgehead atoms. The van der Waals surface area contributed by atoms with E-state index in [1.165, 1.54) is 0 Å². The highest BCUT2D eigenvalue weighted by atomic mass is 35.5. The number of piperidine rings is 1. The van der Waals surface area contributed by atoms with Crippen LogP contribution >= 0.6 is 11.6 Å². The molecule has 2 heterocycles. The largest absolute Gasteiger partial charge is 0.365 e. The highest BCUT2D eigenvalue weighted by Crippen LogP contribution is 2.50. The second-order valence-corrected chi connectivity index (χ2v) is 6.90. The van der Waals surface area contributed by atoms with E-state index in [4.69, 9.17) is 17.3 Å². The molecule has 0 radical (unpaired) electrons. The molecule has 0 saturated carbocycles. The first-order valence-electron chi connectivity index (χ1n) is 8.29. The first-order valence-corrected chi connectivity index (χ1v) is 8.67. The fourth-order valence-corrected chi connectivity index (χ4v) is 4.29. The van der Waals surface area contributed by atoms with Crippen LogP contribution in [0.25, 0.3) is 0 Å². The number of nitrogens with zero attached hydrogens (tertiary/aromatic N) is 1. The van der Waals surface area contributed by atoms with E-state index in [1.807, 2.05) is 24.3 Å². The fourth-order valence-electron chi connectivity index (χ4n) is 4.03. The Bertz CT molecular complexity index is 875. The van der Waals surface area contributed by atoms with E-state index in [-0.39, 0.29) is 16.5 Å². The predicted octanol–water partition coefficient (Wildman–Crippen LogP) is 2.74. The Balaban J connectivity index is 1.94. The van der Waals surface area contributed by atoms with Crippen molar-refractivity contribution in [3.8, 4) is 0 Å². The van der Waals surface area contributed by atoms with Crippen LogP contribution in [0.2, 0.25) is 5.02 Å². The van der Waals surface area contributed by atoms with Crippen molar-refractivity contribution in [3.63, 3.8) is 0 Å². The zero-order chi connectivity index (χ0) is 17.6. The molecular weight excluding hydrogens is 338 g/mol. The number of halogens is 1. The number of hydrogen-bond donors (Lipinski definition) is 2. The third-order valence-corrected chi connectivity index (χ3v) is 5.52. The second kappa shape index (κ2) is 5.86. The number of nitrogens with one attached hydrogen (secondary N) is 1. The Morgan fingerprint density at radius 1 is 1.08 bits per heavy atom. The lowest BCUT2D eigenvalue weighted by Crippen LogP contribution is -2.46. The molecule has 0 aliphatic carbocycles. The summed E-state index contributed by atoms with van der Waals surface area (Å²) in [6.07, 6.45) is 1.46. The first kappa shape index (κ1) is 16.1. The summed E-state index contributed by atoms with van der Waals surface area (Å²) < 4.78 is 0. The van der Waals surface area contributed by atoms with E-state index in [0.717, 1.165) is 37.2 Å². The zero-order valence-electron chi connectivity index (χ0n) is 13.6. The maximum Gasteiger partial charge on any atom is 0.252 e. The summed E-state index contributed by atoms with van der Waals surface area (Å²) in [7, 11) is 0. The topological polar surface area (TPSA) is 75.4 Å². The van der Waals surface area contributed by atoms with Gasteiger partial charge in [-0.3, -0.25) is 14.5 Å². The maximum absolute atomic E-state index is 13.5. The number of amides is 2. The van der Waals surface area contributed by atoms with Gasteiger partial charge >= 0.3 is 0 Å². The summed E-state index contributed by atoms with van der Waals surface area (Å²) >= 11 is 6.21. The minimum atomic E-state index is -0.642. The molecule has 1 saturated heterocycles. The number of carbonyl (C=O) groups is 2. The minimum absolute atomic E-state index is 0.0139. The molecule has 2 amide bonds. The molecule has 4 rings (SSSR count). The third-order valence-electron chi connectivity index (χ3n) is 5.21. The van der Waals surface area contributed by atoms with Crippen LogP contribution < -0.4 is 16.0 Å². The lowest BCUT2D eigenvalue weighted by molar-refractivity contribution is -0.123. The first-order chi connectivity index (χ1) is 12.1. The standard InChI is InChI=1S/C19H18ClN3O2/c20-13-5-3-7-15(16(13)17(21)24)23-14-6-2-1-4-12(14)19(18(23)25)8-10-22-11-9-19/h1-7,22H,8-11H2,(H2,21,24). The molecule has 128 valence electrons. The lowest BCUT2D eigenvalue weighted by atomic mass is 9.74.